The van der Waals surface area contributed by atoms with Gasteiger partial charge in [0.15, 0.2) is 11.3 Å². The van der Waals surface area contributed by atoms with Gasteiger partial charge in [-0.05, 0) is 37.8 Å². The largest absolute Gasteiger partial charge is 0.490 e. The van der Waals surface area contributed by atoms with Crippen LogP contribution in [0.25, 0.3) is 11.0 Å². The van der Waals surface area contributed by atoms with Crippen molar-refractivity contribution in [1.29, 1.82) is 0 Å². The van der Waals surface area contributed by atoms with Crippen LogP contribution < -0.4 is 14.8 Å². The Hall–Kier alpha value is -2.90. The number of esters is 1. The second-order valence-electron chi connectivity index (χ2n) is 10.7. The van der Waals surface area contributed by atoms with Gasteiger partial charge < -0.3 is 49.1 Å². The molecule has 1 aliphatic carbocycles. The Morgan fingerprint density at radius 2 is 1.90 bits per heavy atom. The van der Waals surface area contributed by atoms with Crippen LogP contribution in [0.4, 0.5) is 0 Å². The Labute approximate surface area is 231 Å². The van der Waals surface area contributed by atoms with Gasteiger partial charge in [-0.25, -0.2) is 0 Å². The Morgan fingerprint density at radius 3 is 2.58 bits per heavy atom. The van der Waals surface area contributed by atoms with Crippen LogP contribution in [0.15, 0.2) is 16.7 Å². The van der Waals surface area contributed by atoms with E-state index in [4.69, 9.17) is 23.4 Å². The zero-order valence-corrected chi connectivity index (χ0v) is 22.6. The third-order valence-corrected chi connectivity index (χ3v) is 8.53. The van der Waals surface area contributed by atoms with Crippen molar-refractivity contribution in [3.8, 4) is 11.5 Å². The minimum atomic E-state index is -1.65. The number of furan rings is 1. The van der Waals surface area contributed by atoms with E-state index < -0.39 is 48.7 Å². The lowest BCUT2D eigenvalue weighted by Gasteiger charge is -2.39. The number of fused-ring (bicyclic) bond motifs is 1. The van der Waals surface area contributed by atoms with Crippen LogP contribution in [0.5, 0.6) is 11.5 Å². The summed E-state index contributed by atoms with van der Waals surface area (Å²) in [7, 11) is 1.42. The first kappa shape index (κ1) is 28.6. The van der Waals surface area contributed by atoms with Gasteiger partial charge in [0.25, 0.3) is 0 Å². The second kappa shape index (κ2) is 11.5. The van der Waals surface area contributed by atoms with E-state index in [9.17, 15) is 30.0 Å². The molecule has 12 heteroatoms. The molecule has 1 aromatic carbocycles. The van der Waals surface area contributed by atoms with Crippen molar-refractivity contribution in [2.24, 2.45) is 5.41 Å². The van der Waals surface area contributed by atoms with E-state index in [2.05, 4.69) is 5.32 Å². The molecule has 6 atom stereocenters. The molecule has 5 rings (SSSR count). The van der Waals surface area contributed by atoms with Crippen molar-refractivity contribution in [1.82, 2.24) is 5.32 Å². The topological polar surface area (TPSA) is 177 Å². The highest BCUT2D eigenvalue weighted by Crippen LogP contribution is 2.54. The molecule has 1 aromatic heterocycles. The molecule has 3 aliphatic rings. The van der Waals surface area contributed by atoms with Crippen molar-refractivity contribution in [2.75, 3.05) is 26.9 Å². The molecule has 0 radical (unpaired) electrons. The van der Waals surface area contributed by atoms with E-state index in [1.54, 1.807) is 13.2 Å². The number of ether oxygens (including phenoxy) is 4. The first-order valence-electron chi connectivity index (χ1n) is 13.8. The predicted octanol–water partition coefficient (Wildman–Crippen LogP) is 0.890. The zero-order chi connectivity index (χ0) is 28.6. The SMILES string of the molecule is CCOC(=O)CCc1cc2c([C@@H]3CNC(=O)C34CCCC4)coc2c(OC)c1O[C@H]1O[C@H](CO)[C@@H](O)[C@H](O)[C@H]1O. The van der Waals surface area contributed by atoms with Crippen molar-refractivity contribution >= 4 is 22.8 Å². The standard InChI is InChI=1S/C28H37NO11/c1-3-37-19(31)7-6-14-10-15-16(17-11-29-27(35)28(17)8-4-5-9-28)13-38-24(15)25(36-2)23(14)40-26-22(34)21(33)20(32)18(12-30)39-26/h10,13,17-18,20-22,26,30,32-34H,3-9,11-12H2,1-2H3,(H,29,35)/t17-,18+,20+,21-,22+,26+/m0/s1. The average Bonchev–Trinajstić information content (AvgIpc) is 3.68. The Bertz CT molecular complexity index is 1230. The molecule has 2 aromatic rings. The van der Waals surface area contributed by atoms with Gasteiger partial charge in [-0.2, -0.15) is 0 Å². The summed E-state index contributed by atoms with van der Waals surface area (Å²) in [5, 5.41) is 44.4. The Kier molecular flexibility index (Phi) is 8.25. The molecular formula is C28H37NO11. The van der Waals surface area contributed by atoms with Crippen LogP contribution in [-0.2, 0) is 25.5 Å². The number of carbonyl (C=O) groups excluding carboxylic acids is 2. The number of amides is 1. The maximum atomic E-state index is 12.9. The number of aryl methyl sites for hydroxylation is 1. The smallest absolute Gasteiger partial charge is 0.306 e. The lowest BCUT2D eigenvalue weighted by atomic mass is 9.72. The summed E-state index contributed by atoms with van der Waals surface area (Å²) in [4.78, 5) is 25.2. The summed E-state index contributed by atoms with van der Waals surface area (Å²) >= 11 is 0. The van der Waals surface area contributed by atoms with Gasteiger partial charge in [-0.15, -0.1) is 0 Å². The van der Waals surface area contributed by atoms with Gasteiger partial charge in [-0.1, -0.05) is 12.8 Å². The van der Waals surface area contributed by atoms with E-state index in [-0.39, 0.29) is 42.8 Å². The molecule has 1 spiro atoms. The third kappa shape index (κ3) is 4.81. The molecule has 220 valence electrons. The first-order valence-corrected chi connectivity index (χ1v) is 13.8. The molecular weight excluding hydrogens is 526 g/mol. The molecule has 0 unspecified atom stereocenters. The molecule has 0 bridgehead atoms. The van der Waals surface area contributed by atoms with E-state index in [1.807, 2.05) is 6.07 Å². The number of rotatable bonds is 9. The van der Waals surface area contributed by atoms with E-state index in [0.717, 1.165) is 31.2 Å². The summed E-state index contributed by atoms with van der Waals surface area (Å²) in [6, 6.07) is 1.82. The molecule has 40 heavy (non-hydrogen) atoms. The van der Waals surface area contributed by atoms with E-state index in [1.165, 1.54) is 7.11 Å². The van der Waals surface area contributed by atoms with Crippen molar-refractivity contribution in [3.63, 3.8) is 0 Å². The van der Waals surface area contributed by atoms with Gasteiger partial charge in [0.05, 0.1) is 32.0 Å². The lowest BCUT2D eigenvalue weighted by Crippen LogP contribution is -2.60. The van der Waals surface area contributed by atoms with E-state index in [0.29, 0.717) is 23.1 Å². The number of methoxy groups -OCH3 is 1. The Morgan fingerprint density at radius 1 is 1.15 bits per heavy atom. The lowest BCUT2D eigenvalue weighted by molar-refractivity contribution is -0.277. The summed E-state index contributed by atoms with van der Waals surface area (Å²) < 4.78 is 28.5. The molecule has 3 heterocycles. The number of aliphatic hydroxyl groups is 4. The summed E-state index contributed by atoms with van der Waals surface area (Å²) in [6.07, 6.45) is -2.12. The van der Waals surface area contributed by atoms with Crippen molar-refractivity contribution in [2.45, 2.75) is 82.1 Å². The number of benzene rings is 1. The minimum Gasteiger partial charge on any atom is -0.490 e. The molecule has 12 nitrogen and oxygen atoms in total. The van der Waals surface area contributed by atoms with E-state index >= 15 is 0 Å². The number of hydrogen-bond donors (Lipinski definition) is 5. The first-order chi connectivity index (χ1) is 19.2. The van der Waals surface area contributed by atoms with Crippen LogP contribution in [0.1, 0.15) is 56.1 Å². The quantitative estimate of drug-likeness (QED) is 0.274. The minimum absolute atomic E-state index is 0.0220. The van der Waals surface area contributed by atoms with Crippen LogP contribution in [0, 0.1) is 5.41 Å². The van der Waals surface area contributed by atoms with Gasteiger partial charge in [0.2, 0.25) is 17.9 Å². The number of aliphatic hydroxyl groups excluding tert-OH is 4. The van der Waals surface area contributed by atoms with Gasteiger partial charge >= 0.3 is 5.97 Å². The van der Waals surface area contributed by atoms with Crippen LogP contribution in [0.3, 0.4) is 0 Å². The summed E-state index contributed by atoms with van der Waals surface area (Å²) in [5.41, 5.74) is 1.23. The normalized spacial score (nSPS) is 29.6. The fourth-order valence-corrected chi connectivity index (χ4v) is 6.43. The van der Waals surface area contributed by atoms with Crippen LogP contribution >= 0.6 is 0 Å². The highest BCUT2D eigenvalue weighted by atomic mass is 16.7. The molecule has 2 saturated heterocycles. The fraction of sp³-hybridized carbons (Fsp3) is 0.643. The molecule has 5 N–H and O–H groups in total. The van der Waals surface area contributed by atoms with Crippen LogP contribution in [0.2, 0.25) is 0 Å². The second-order valence-corrected chi connectivity index (χ2v) is 10.7. The number of nitrogens with one attached hydrogen (secondary N) is 1. The number of hydrogen-bond acceptors (Lipinski definition) is 11. The van der Waals surface area contributed by atoms with Gasteiger partial charge in [0.1, 0.15) is 24.4 Å². The van der Waals surface area contributed by atoms with Gasteiger partial charge in [0, 0.05) is 29.8 Å². The summed E-state index contributed by atoms with van der Waals surface area (Å²) in [6.45, 7) is 1.81. The molecule has 1 saturated carbocycles. The van der Waals surface area contributed by atoms with Crippen molar-refractivity contribution in [3.05, 3.63) is 23.5 Å². The molecule has 2 aliphatic heterocycles. The van der Waals surface area contributed by atoms with Crippen molar-refractivity contribution < 1.29 is 53.4 Å². The van der Waals surface area contributed by atoms with Crippen LogP contribution in [-0.4, -0.2) is 89.9 Å². The zero-order valence-electron chi connectivity index (χ0n) is 22.6. The fourth-order valence-electron chi connectivity index (χ4n) is 6.43. The number of carbonyl (C=O) groups is 2. The predicted molar refractivity (Wildman–Crippen MR) is 139 cm³/mol. The molecule has 3 fully saturated rings. The molecule has 1 amide bonds. The maximum absolute atomic E-state index is 12.9. The maximum Gasteiger partial charge on any atom is 0.306 e. The Balaban J connectivity index is 1.58. The highest BCUT2D eigenvalue weighted by molar-refractivity contribution is 5.93. The third-order valence-electron chi connectivity index (χ3n) is 8.53. The monoisotopic (exact) mass is 563 g/mol. The highest BCUT2D eigenvalue weighted by Gasteiger charge is 2.53. The van der Waals surface area contributed by atoms with Gasteiger partial charge in [-0.3, -0.25) is 9.59 Å². The summed E-state index contributed by atoms with van der Waals surface area (Å²) in [5.74, 6) is -0.175. The average molecular weight is 564 g/mol.